The lowest BCUT2D eigenvalue weighted by atomic mass is 10.1. The minimum absolute atomic E-state index is 0.0579. The number of rotatable bonds is 4. The summed E-state index contributed by atoms with van der Waals surface area (Å²) in [5, 5.41) is 20.5. The van der Waals surface area contributed by atoms with Crippen LogP contribution in [0.3, 0.4) is 0 Å². The molecule has 0 aliphatic heterocycles. The van der Waals surface area contributed by atoms with Crippen molar-refractivity contribution in [3.63, 3.8) is 0 Å². The molecule has 3 rings (SSSR count). The minimum Gasteiger partial charge on any atom is -0.267 e. The van der Waals surface area contributed by atoms with Gasteiger partial charge in [0.15, 0.2) is 0 Å². The van der Waals surface area contributed by atoms with Crippen molar-refractivity contribution in [2.75, 3.05) is 0 Å². The first-order chi connectivity index (χ1) is 12.9. The van der Waals surface area contributed by atoms with Gasteiger partial charge in [0.2, 0.25) is 0 Å². The fourth-order valence-corrected chi connectivity index (χ4v) is 3.03. The summed E-state index contributed by atoms with van der Waals surface area (Å²) in [5.74, 6) is 0. The highest BCUT2D eigenvalue weighted by molar-refractivity contribution is 6.31. The van der Waals surface area contributed by atoms with Gasteiger partial charge in [-0.3, -0.25) is 4.79 Å². The van der Waals surface area contributed by atoms with Crippen molar-refractivity contribution in [3.8, 4) is 6.07 Å². The Kier molecular flexibility index (Phi) is 5.24. The van der Waals surface area contributed by atoms with E-state index in [4.69, 9.17) is 16.9 Å². The van der Waals surface area contributed by atoms with Gasteiger partial charge in [-0.15, -0.1) is 0 Å². The number of nitrogens with zero attached hydrogens (tertiary/aromatic N) is 4. The van der Waals surface area contributed by atoms with Crippen molar-refractivity contribution in [1.29, 1.82) is 5.26 Å². The summed E-state index contributed by atoms with van der Waals surface area (Å²) < 4.78 is 1.75. The van der Waals surface area contributed by atoms with E-state index < -0.39 is 5.56 Å². The maximum absolute atomic E-state index is 11.6. The van der Waals surface area contributed by atoms with E-state index >= 15 is 0 Å². The summed E-state index contributed by atoms with van der Waals surface area (Å²) in [6.07, 6.45) is 3.52. The number of hydrogen-bond donors (Lipinski definition) is 1. The molecule has 0 spiro atoms. The molecule has 0 unspecified atom stereocenters. The van der Waals surface area contributed by atoms with Gasteiger partial charge in [0, 0.05) is 5.56 Å². The van der Waals surface area contributed by atoms with Gasteiger partial charge in [-0.1, -0.05) is 41.4 Å². The zero-order valence-corrected chi connectivity index (χ0v) is 16.0. The summed E-state index contributed by atoms with van der Waals surface area (Å²) in [7, 11) is 0. The number of nitrogens with one attached hydrogen (secondary N) is 1. The lowest BCUT2D eigenvalue weighted by Crippen LogP contribution is -2.15. The van der Waals surface area contributed by atoms with Crippen LogP contribution in [0.4, 0.5) is 0 Å². The number of hydrogen-bond acceptors (Lipinski definition) is 4. The molecule has 0 radical (unpaired) electrons. The van der Waals surface area contributed by atoms with Crippen molar-refractivity contribution in [1.82, 2.24) is 20.0 Å². The van der Waals surface area contributed by atoms with E-state index in [1.165, 1.54) is 5.56 Å². The van der Waals surface area contributed by atoms with Gasteiger partial charge in [0.1, 0.15) is 16.8 Å². The van der Waals surface area contributed by atoms with Gasteiger partial charge in [-0.2, -0.15) is 15.5 Å². The van der Waals surface area contributed by atoms with Crippen LogP contribution in [0.15, 0.2) is 29.1 Å². The number of aromatic nitrogens is 4. The van der Waals surface area contributed by atoms with E-state index in [1.807, 2.05) is 19.9 Å². The normalized spacial score (nSPS) is 11.1. The molecule has 7 heteroatoms. The average molecular weight is 380 g/mol. The molecule has 0 aliphatic rings. The molecule has 2 aromatic heterocycles. The van der Waals surface area contributed by atoms with Crippen LogP contribution in [0.25, 0.3) is 12.2 Å². The van der Waals surface area contributed by atoms with Crippen LogP contribution in [-0.2, 0) is 6.54 Å². The van der Waals surface area contributed by atoms with E-state index in [-0.39, 0.29) is 5.56 Å². The van der Waals surface area contributed by atoms with Crippen LogP contribution in [-0.4, -0.2) is 20.0 Å². The molecule has 0 aliphatic carbocycles. The number of H-pyrrole nitrogens is 1. The van der Waals surface area contributed by atoms with E-state index in [0.29, 0.717) is 23.0 Å². The zero-order valence-electron chi connectivity index (χ0n) is 15.2. The highest BCUT2D eigenvalue weighted by Gasteiger charge is 2.13. The fraction of sp³-hybridized carbons (Fsp3) is 0.200. The molecule has 0 fully saturated rings. The number of nitriles is 1. The van der Waals surface area contributed by atoms with Gasteiger partial charge in [0.25, 0.3) is 5.56 Å². The van der Waals surface area contributed by atoms with Crippen molar-refractivity contribution in [3.05, 3.63) is 79.0 Å². The van der Waals surface area contributed by atoms with E-state index in [0.717, 1.165) is 16.8 Å². The Morgan fingerprint density at radius 2 is 1.93 bits per heavy atom. The Balaban J connectivity index is 1.91. The van der Waals surface area contributed by atoms with Crippen molar-refractivity contribution < 1.29 is 0 Å². The molecule has 3 aromatic rings. The zero-order chi connectivity index (χ0) is 19.6. The molecule has 0 atom stereocenters. The molecular weight excluding hydrogens is 362 g/mol. The highest BCUT2D eigenvalue weighted by Crippen LogP contribution is 2.23. The largest absolute Gasteiger partial charge is 0.282 e. The summed E-state index contributed by atoms with van der Waals surface area (Å²) in [6.45, 7) is 6.19. The molecule has 1 N–H and O–H groups in total. The smallest absolute Gasteiger partial charge is 0.267 e. The number of aryl methyl sites for hydroxylation is 2. The summed E-state index contributed by atoms with van der Waals surface area (Å²) in [5.41, 5.74) is 4.46. The fourth-order valence-electron chi connectivity index (χ4n) is 2.74. The standard InChI is InChI=1S/C20H18ClN5O/c1-12-4-6-15(7-5-12)11-26-19(21)16(14(3)25-26)8-9-18-13(2)17(10-22)20(27)24-23-18/h4-9H,11H2,1-3H3,(H,24,27)/b9-8+. The average Bonchev–Trinajstić information content (AvgIpc) is 2.90. The van der Waals surface area contributed by atoms with Crippen LogP contribution >= 0.6 is 11.6 Å². The first-order valence-electron chi connectivity index (χ1n) is 8.36. The van der Waals surface area contributed by atoms with Crippen LogP contribution in [0.2, 0.25) is 5.15 Å². The molecule has 6 nitrogen and oxygen atoms in total. The van der Waals surface area contributed by atoms with Gasteiger partial charge >= 0.3 is 0 Å². The third-order valence-electron chi connectivity index (χ3n) is 4.35. The maximum atomic E-state index is 11.6. The lowest BCUT2D eigenvalue weighted by molar-refractivity contribution is 0.680. The highest BCUT2D eigenvalue weighted by atomic mass is 35.5. The topological polar surface area (TPSA) is 87.4 Å². The summed E-state index contributed by atoms with van der Waals surface area (Å²) in [6, 6.07) is 10.1. The van der Waals surface area contributed by atoms with Crippen LogP contribution in [0.1, 0.15) is 39.2 Å². The summed E-state index contributed by atoms with van der Waals surface area (Å²) in [4.78, 5) is 11.6. The first-order valence-corrected chi connectivity index (χ1v) is 8.74. The predicted octanol–water partition coefficient (Wildman–Crippen LogP) is 3.64. The molecule has 2 heterocycles. The third kappa shape index (κ3) is 3.83. The second kappa shape index (κ2) is 7.60. The van der Waals surface area contributed by atoms with Crippen LogP contribution < -0.4 is 5.56 Å². The molecule has 0 amide bonds. The number of benzene rings is 1. The number of aromatic amines is 1. The Bertz CT molecular complexity index is 1120. The molecule has 0 saturated carbocycles. The molecule has 136 valence electrons. The molecular formula is C20H18ClN5O. The van der Waals surface area contributed by atoms with Crippen LogP contribution in [0, 0.1) is 32.1 Å². The second-order valence-electron chi connectivity index (χ2n) is 6.32. The van der Waals surface area contributed by atoms with Crippen molar-refractivity contribution in [2.45, 2.75) is 27.3 Å². The van der Waals surface area contributed by atoms with Gasteiger partial charge in [-0.25, -0.2) is 9.78 Å². The Morgan fingerprint density at radius 1 is 1.22 bits per heavy atom. The Hall–Kier alpha value is -3.17. The van der Waals surface area contributed by atoms with Gasteiger partial charge in [0.05, 0.1) is 17.9 Å². The summed E-state index contributed by atoms with van der Waals surface area (Å²) >= 11 is 6.52. The van der Waals surface area contributed by atoms with Gasteiger partial charge < -0.3 is 0 Å². The number of halogens is 1. The van der Waals surface area contributed by atoms with Crippen LogP contribution in [0.5, 0.6) is 0 Å². The quantitative estimate of drug-likeness (QED) is 0.749. The molecule has 1 aromatic carbocycles. The molecule has 0 bridgehead atoms. The van der Waals surface area contributed by atoms with E-state index in [2.05, 4.69) is 39.6 Å². The van der Waals surface area contributed by atoms with E-state index in [1.54, 1.807) is 23.8 Å². The lowest BCUT2D eigenvalue weighted by Gasteiger charge is -2.04. The molecule has 27 heavy (non-hydrogen) atoms. The first kappa shape index (κ1) is 18.6. The second-order valence-corrected chi connectivity index (χ2v) is 6.67. The van der Waals surface area contributed by atoms with E-state index in [9.17, 15) is 4.79 Å². The van der Waals surface area contributed by atoms with Gasteiger partial charge in [-0.05, 0) is 44.1 Å². The monoisotopic (exact) mass is 379 g/mol. The van der Waals surface area contributed by atoms with Crippen molar-refractivity contribution >= 4 is 23.8 Å². The maximum Gasteiger partial charge on any atom is 0.282 e. The third-order valence-corrected chi connectivity index (χ3v) is 4.74. The Morgan fingerprint density at radius 3 is 2.59 bits per heavy atom. The molecule has 0 saturated heterocycles. The SMILES string of the molecule is Cc1ccc(Cn2nc(C)c(/C=C/c3n[nH]c(=O)c(C#N)c3C)c2Cl)cc1. The predicted molar refractivity (Wildman–Crippen MR) is 105 cm³/mol. The van der Waals surface area contributed by atoms with Crippen molar-refractivity contribution in [2.24, 2.45) is 0 Å². The Labute approximate surface area is 161 Å². The minimum atomic E-state index is -0.493.